The van der Waals surface area contributed by atoms with E-state index in [4.69, 9.17) is 4.74 Å². The number of hydrogen-bond donors (Lipinski definition) is 0. The predicted octanol–water partition coefficient (Wildman–Crippen LogP) is 3.34. The standard InChI is InChI=1S/C14H18BrNO2/c1-4-16(5-2)14(17)9-6-11-10-12(15)7-8-13(11)18-3/h6-10H,4-5H2,1-3H3. The molecule has 0 heterocycles. The summed E-state index contributed by atoms with van der Waals surface area (Å²) in [5, 5.41) is 0. The molecule has 0 saturated carbocycles. The summed E-state index contributed by atoms with van der Waals surface area (Å²) in [6, 6.07) is 5.69. The number of ether oxygens (including phenoxy) is 1. The number of methoxy groups -OCH3 is 1. The van der Waals surface area contributed by atoms with Crippen molar-refractivity contribution in [3.8, 4) is 5.75 Å². The second-order valence-electron chi connectivity index (χ2n) is 3.73. The van der Waals surface area contributed by atoms with E-state index < -0.39 is 0 Å². The van der Waals surface area contributed by atoms with Crippen LogP contribution in [0.4, 0.5) is 0 Å². The highest BCUT2D eigenvalue weighted by Gasteiger charge is 2.06. The Bertz CT molecular complexity index is 439. The molecule has 0 unspecified atom stereocenters. The summed E-state index contributed by atoms with van der Waals surface area (Å²) < 4.78 is 6.21. The molecule has 0 spiro atoms. The maximum atomic E-state index is 11.8. The Morgan fingerprint density at radius 2 is 2.06 bits per heavy atom. The minimum absolute atomic E-state index is 0.0158. The Morgan fingerprint density at radius 3 is 2.61 bits per heavy atom. The van der Waals surface area contributed by atoms with E-state index in [9.17, 15) is 4.79 Å². The molecule has 0 saturated heterocycles. The van der Waals surface area contributed by atoms with E-state index in [0.29, 0.717) is 0 Å². The smallest absolute Gasteiger partial charge is 0.246 e. The number of halogens is 1. The van der Waals surface area contributed by atoms with Gasteiger partial charge in [-0.25, -0.2) is 0 Å². The maximum Gasteiger partial charge on any atom is 0.246 e. The maximum absolute atomic E-state index is 11.8. The van der Waals surface area contributed by atoms with Crippen LogP contribution >= 0.6 is 15.9 Å². The fraction of sp³-hybridized carbons (Fsp3) is 0.357. The third-order valence-corrected chi connectivity index (χ3v) is 3.17. The molecule has 0 aromatic heterocycles. The van der Waals surface area contributed by atoms with Gasteiger partial charge in [0, 0.05) is 29.2 Å². The van der Waals surface area contributed by atoms with Gasteiger partial charge in [0.15, 0.2) is 0 Å². The van der Waals surface area contributed by atoms with Gasteiger partial charge in [-0.05, 0) is 38.1 Å². The Kier molecular flexibility index (Phi) is 5.92. The van der Waals surface area contributed by atoms with Crippen LogP contribution in [0.2, 0.25) is 0 Å². The van der Waals surface area contributed by atoms with Crippen LogP contribution in [-0.4, -0.2) is 31.0 Å². The summed E-state index contributed by atoms with van der Waals surface area (Å²) in [5.74, 6) is 0.767. The van der Waals surface area contributed by atoms with E-state index >= 15 is 0 Å². The molecule has 1 amide bonds. The lowest BCUT2D eigenvalue weighted by molar-refractivity contribution is -0.125. The summed E-state index contributed by atoms with van der Waals surface area (Å²) in [5.41, 5.74) is 0.882. The molecule has 0 aliphatic carbocycles. The first-order valence-corrected chi connectivity index (χ1v) is 6.72. The highest BCUT2D eigenvalue weighted by atomic mass is 79.9. The fourth-order valence-electron chi connectivity index (χ4n) is 1.64. The molecule has 1 rings (SSSR count). The first kappa shape index (κ1) is 14.8. The molecule has 1 aromatic rings. The van der Waals surface area contributed by atoms with Crippen molar-refractivity contribution in [2.75, 3.05) is 20.2 Å². The van der Waals surface area contributed by atoms with Crippen molar-refractivity contribution >= 4 is 27.9 Å². The number of carbonyl (C=O) groups excluding carboxylic acids is 1. The molecule has 3 nitrogen and oxygen atoms in total. The zero-order valence-corrected chi connectivity index (χ0v) is 12.5. The molecular formula is C14H18BrNO2. The van der Waals surface area contributed by atoms with Gasteiger partial charge < -0.3 is 9.64 Å². The van der Waals surface area contributed by atoms with Crippen LogP contribution in [0.25, 0.3) is 6.08 Å². The lowest BCUT2D eigenvalue weighted by atomic mass is 10.2. The first-order chi connectivity index (χ1) is 8.62. The second kappa shape index (κ2) is 7.21. The Morgan fingerprint density at radius 1 is 1.39 bits per heavy atom. The lowest BCUT2D eigenvalue weighted by Gasteiger charge is -2.16. The van der Waals surface area contributed by atoms with Crippen LogP contribution in [0, 0.1) is 0 Å². The topological polar surface area (TPSA) is 29.5 Å². The predicted molar refractivity (Wildman–Crippen MR) is 77.7 cm³/mol. The molecule has 0 aliphatic heterocycles. The largest absolute Gasteiger partial charge is 0.496 e. The van der Waals surface area contributed by atoms with E-state index in [-0.39, 0.29) is 5.91 Å². The Balaban J connectivity index is 2.89. The van der Waals surface area contributed by atoms with Gasteiger partial charge in [0.25, 0.3) is 0 Å². The average molecular weight is 312 g/mol. The van der Waals surface area contributed by atoms with E-state index in [1.165, 1.54) is 0 Å². The molecular weight excluding hydrogens is 294 g/mol. The molecule has 18 heavy (non-hydrogen) atoms. The summed E-state index contributed by atoms with van der Waals surface area (Å²) in [6.45, 7) is 5.37. The van der Waals surface area contributed by atoms with Gasteiger partial charge in [0.1, 0.15) is 5.75 Å². The van der Waals surface area contributed by atoms with Gasteiger partial charge in [-0.3, -0.25) is 4.79 Å². The Hall–Kier alpha value is -1.29. The minimum atomic E-state index is 0.0158. The molecule has 4 heteroatoms. The van der Waals surface area contributed by atoms with Crippen LogP contribution in [0.3, 0.4) is 0 Å². The quantitative estimate of drug-likeness (QED) is 0.781. The molecule has 0 fully saturated rings. The van der Waals surface area contributed by atoms with Gasteiger partial charge >= 0.3 is 0 Å². The van der Waals surface area contributed by atoms with Gasteiger partial charge in [0.05, 0.1) is 7.11 Å². The number of amides is 1. The van der Waals surface area contributed by atoms with E-state index in [2.05, 4.69) is 15.9 Å². The van der Waals surface area contributed by atoms with Gasteiger partial charge in [-0.2, -0.15) is 0 Å². The number of nitrogens with zero attached hydrogens (tertiary/aromatic N) is 1. The molecule has 0 N–H and O–H groups in total. The van der Waals surface area contributed by atoms with Crippen LogP contribution in [0.15, 0.2) is 28.7 Å². The first-order valence-electron chi connectivity index (χ1n) is 5.92. The van der Waals surface area contributed by atoms with Crippen molar-refractivity contribution in [3.63, 3.8) is 0 Å². The van der Waals surface area contributed by atoms with Crippen molar-refractivity contribution in [2.24, 2.45) is 0 Å². The SMILES string of the molecule is CCN(CC)C(=O)C=Cc1cc(Br)ccc1OC. The molecule has 0 bridgehead atoms. The van der Waals surface area contributed by atoms with Gasteiger partial charge in [-0.15, -0.1) is 0 Å². The van der Waals surface area contributed by atoms with Crippen LogP contribution < -0.4 is 4.74 Å². The zero-order chi connectivity index (χ0) is 13.5. The molecule has 0 atom stereocenters. The molecule has 98 valence electrons. The van der Waals surface area contributed by atoms with Crippen LogP contribution in [0.5, 0.6) is 5.75 Å². The summed E-state index contributed by atoms with van der Waals surface area (Å²) >= 11 is 3.40. The number of hydrogen-bond acceptors (Lipinski definition) is 2. The van der Waals surface area contributed by atoms with E-state index in [0.717, 1.165) is 28.9 Å². The Labute approximate surface area is 117 Å². The summed E-state index contributed by atoms with van der Waals surface area (Å²) in [7, 11) is 1.62. The van der Waals surface area contributed by atoms with Crippen LogP contribution in [0.1, 0.15) is 19.4 Å². The zero-order valence-electron chi connectivity index (χ0n) is 10.9. The second-order valence-corrected chi connectivity index (χ2v) is 4.65. The fourth-order valence-corrected chi connectivity index (χ4v) is 2.02. The average Bonchev–Trinajstić information content (AvgIpc) is 2.38. The molecule has 0 aliphatic rings. The number of rotatable bonds is 5. The highest BCUT2D eigenvalue weighted by molar-refractivity contribution is 9.10. The number of benzene rings is 1. The van der Waals surface area contributed by atoms with E-state index in [1.807, 2.05) is 32.0 Å². The van der Waals surface area contributed by atoms with Crippen molar-refractivity contribution < 1.29 is 9.53 Å². The van der Waals surface area contributed by atoms with Gasteiger partial charge in [-0.1, -0.05) is 15.9 Å². The monoisotopic (exact) mass is 311 g/mol. The number of carbonyl (C=O) groups is 1. The number of likely N-dealkylation sites (N-methyl/N-ethyl adjacent to an activating group) is 1. The lowest BCUT2D eigenvalue weighted by Crippen LogP contribution is -2.28. The normalized spacial score (nSPS) is 10.7. The highest BCUT2D eigenvalue weighted by Crippen LogP contribution is 2.24. The minimum Gasteiger partial charge on any atom is -0.496 e. The summed E-state index contributed by atoms with van der Waals surface area (Å²) in [4.78, 5) is 13.6. The molecule has 1 aromatic carbocycles. The van der Waals surface area contributed by atoms with Gasteiger partial charge in [0.2, 0.25) is 5.91 Å². The third-order valence-electron chi connectivity index (χ3n) is 2.67. The third kappa shape index (κ3) is 3.88. The van der Waals surface area contributed by atoms with E-state index in [1.54, 1.807) is 24.2 Å². The van der Waals surface area contributed by atoms with Crippen LogP contribution in [-0.2, 0) is 4.79 Å². The van der Waals surface area contributed by atoms with Crippen molar-refractivity contribution in [2.45, 2.75) is 13.8 Å². The molecule has 0 radical (unpaired) electrons. The van der Waals surface area contributed by atoms with Crippen molar-refractivity contribution in [1.82, 2.24) is 4.90 Å². The van der Waals surface area contributed by atoms with Crippen molar-refractivity contribution in [3.05, 3.63) is 34.3 Å². The van der Waals surface area contributed by atoms with Crippen molar-refractivity contribution in [1.29, 1.82) is 0 Å². The summed E-state index contributed by atoms with van der Waals surface area (Å²) in [6.07, 6.45) is 3.36.